The molecule has 1 saturated heterocycles. The Bertz CT molecular complexity index is 584. The molecule has 2 aromatic carbocycles. The van der Waals surface area contributed by atoms with E-state index in [9.17, 15) is 5.11 Å². The molecule has 0 bridgehead atoms. The van der Waals surface area contributed by atoms with Crippen LogP contribution in [0.1, 0.15) is 29.6 Å². The Hall–Kier alpha value is -1.84. The molecule has 2 aliphatic rings. The van der Waals surface area contributed by atoms with E-state index in [1.54, 1.807) is 0 Å². The van der Waals surface area contributed by atoms with Crippen molar-refractivity contribution in [3.63, 3.8) is 0 Å². The molecule has 3 atom stereocenters. The Labute approximate surface area is 117 Å². The molecule has 2 heterocycles. The Morgan fingerprint density at radius 2 is 1.60 bits per heavy atom. The Morgan fingerprint density at radius 1 is 0.950 bits per heavy atom. The van der Waals surface area contributed by atoms with Gasteiger partial charge < -0.3 is 14.6 Å². The highest BCUT2D eigenvalue weighted by atomic mass is 16.5. The fraction of sp³-hybridized carbons (Fsp3) is 0.294. The van der Waals surface area contributed by atoms with E-state index in [2.05, 4.69) is 12.1 Å². The van der Waals surface area contributed by atoms with Crippen LogP contribution in [0.15, 0.2) is 48.5 Å². The average molecular weight is 268 g/mol. The summed E-state index contributed by atoms with van der Waals surface area (Å²) in [6, 6.07) is 16.1. The van der Waals surface area contributed by atoms with Crippen LogP contribution in [0.4, 0.5) is 0 Å². The molecule has 3 nitrogen and oxygen atoms in total. The second-order valence-electron chi connectivity index (χ2n) is 5.38. The van der Waals surface area contributed by atoms with Crippen LogP contribution < -0.4 is 4.74 Å². The number of hydrogen-bond acceptors (Lipinski definition) is 3. The summed E-state index contributed by atoms with van der Waals surface area (Å²) >= 11 is 0. The highest BCUT2D eigenvalue weighted by molar-refractivity contribution is 5.49. The molecule has 0 amide bonds. The predicted molar refractivity (Wildman–Crippen MR) is 75.0 cm³/mol. The summed E-state index contributed by atoms with van der Waals surface area (Å²) < 4.78 is 12.1. The molecule has 0 saturated carbocycles. The van der Waals surface area contributed by atoms with Crippen molar-refractivity contribution in [1.29, 1.82) is 0 Å². The minimum atomic E-state index is -0.0933. The average Bonchev–Trinajstić information content (AvgIpc) is 2.87. The highest BCUT2D eigenvalue weighted by Gasteiger charge is 2.41. The van der Waals surface area contributed by atoms with Crippen LogP contribution in [0.5, 0.6) is 11.5 Å². The van der Waals surface area contributed by atoms with Gasteiger partial charge in [0.25, 0.3) is 0 Å². The first-order valence-corrected chi connectivity index (χ1v) is 6.99. The number of hydrogen-bond donors (Lipinski definition) is 1. The van der Waals surface area contributed by atoms with Gasteiger partial charge in [-0.25, -0.2) is 0 Å². The van der Waals surface area contributed by atoms with Gasteiger partial charge in [0, 0.05) is 17.0 Å². The van der Waals surface area contributed by atoms with E-state index in [-0.39, 0.29) is 24.7 Å². The Morgan fingerprint density at radius 3 is 2.35 bits per heavy atom. The summed E-state index contributed by atoms with van der Waals surface area (Å²) in [6.45, 7) is 0.0676. The van der Waals surface area contributed by atoms with Crippen LogP contribution in [-0.2, 0) is 4.74 Å². The van der Waals surface area contributed by atoms with Gasteiger partial charge in [-0.15, -0.1) is 0 Å². The van der Waals surface area contributed by atoms with Crippen molar-refractivity contribution in [3.05, 3.63) is 59.7 Å². The molecular weight excluding hydrogens is 252 g/mol. The van der Waals surface area contributed by atoms with Crippen molar-refractivity contribution in [2.24, 2.45) is 0 Å². The van der Waals surface area contributed by atoms with Gasteiger partial charge in [-0.3, -0.25) is 0 Å². The molecule has 2 aliphatic heterocycles. The molecule has 0 spiro atoms. The number of aliphatic hydroxyl groups excluding tert-OH is 1. The largest absolute Gasteiger partial charge is 0.457 e. The van der Waals surface area contributed by atoms with Gasteiger partial charge in [0.1, 0.15) is 11.5 Å². The van der Waals surface area contributed by atoms with E-state index >= 15 is 0 Å². The normalized spacial score (nSPS) is 26.9. The Kier molecular flexibility index (Phi) is 2.76. The van der Waals surface area contributed by atoms with E-state index < -0.39 is 0 Å². The molecule has 0 radical (unpaired) electrons. The van der Waals surface area contributed by atoms with E-state index in [0.29, 0.717) is 0 Å². The second kappa shape index (κ2) is 4.62. The smallest absolute Gasteiger partial charge is 0.133 e. The lowest BCUT2D eigenvalue weighted by Crippen LogP contribution is -2.11. The first kappa shape index (κ1) is 11.9. The van der Waals surface area contributed by atoms with Crippen molar-refractivity contribution < 1.29 is 14.6 Å². The zero-order chi connectivity index (χ0) is 13.5. The third kappa shape index (κ3) is 1.74. The third-order valence-corrected chi connectivity index (χ3v) is 4.19. The summed E-state index contributed by atoms with van der Waals surface area (Å²) in [5, 5.41) is 9.42. The van der Waals surface area contributed by atoms with Crippen LogP contribution in [0.25, 0.3) is 0 Å². The van der Waals surface area contributed by atoms with Gasteiger partial charge in [0.05, 0.1) is 18.8 Å². The number of rotatable bonds is 1. The van der Waals surface area contributed by atoms with Gasteiger partial charge in [-0.2, -0.15) is 0 Å². The van der Waals surface area contributed by atoms with Crippen molar-refractivity contribution in [2.45, 2.75) is 24.5 Å². The second-order valence-corrected chi connectivity index (χ2v) is 5.38. The molecule has 4 rings (SSSR count). The Balaban J connectivity index is 1.89. The molecule has 2 aromatic rings. The lowest BCUT2D eigenvalue weighted by molar-refractivity contribution is 0.00836. The van der Waals surface area contributed by atoms with Crippen molar-refractivity contribution in [3.8, 4) is 11.5 Å². The molecule has 1 fully saturated rings. The van der Waals surface area contributed by atoms with Crippen molar-refractivity contribution in [2.75, 3.05) is 6.61 Å². The van der Waals surface area contributed by atoms with E-state index in [4.69, 9.17) is 9.47 Å². The number of fused-ring (bicyclic) bond motifs is 5. The maximum atomic E-state index is 9.42. The van der Waals surface area contributed by atoms with Crippen LogP contribution in [0.3, 0.4) is 0 Å². The minimum Gasteiger partial charge on any atom is -0.457 e. The summed E-state index contributed by atoms with van der Waals surface area (Å²) in [4.78, 5) is 0. The number of aliphatic hydroxyl groups is 1. The molecule has 0 unspecified atom stereocenters. The molecule has 102 valence electrons. The zero-order valence-electron chi connectivity index (χ0n) is 11.0. The molecule has 3 heteroatoms. The topological polar surface area (TPSA) is 38.7 Å². The van der Waals surface area contributed by atoms with Gasteiger partial charge in [-0.05, 0) is 18.6 Å². The summed E-state index contributed by atoms with van der Waals surface area (Å²) in [6.07, 6.45) is 0.701. The quantitative estimate of drug-likeness (QED) is 0.861. The highest BCUT2D eigenvalue weighted by Crippen LogP contribution is 2.52. The van der Waals surface area contributed by atoms with Crippen molar-refractivity contribution in [1.82, 2.24) is 0 Å². The number of ether oxygens (including phenoxy) is 2. The van der Waals surface area contributed by atoms with E-state index in [1.165, 1.54) is 5.56 Å². The van der Waals surface area contributed by atoms with Gasteiger partial charge in [0.15, 0.2) is 0 Å². The maximum absolute atomic E-state index is 9.42. The SMILES string of the molecule is OC[C@H]1C[C@@H]2c3ccccc3Oc3ccccc3[C@H]2O1. The van der Waals surface area contributed by atoms with Gasteiger partial charge in [-0.1, -0.05) is 36.4 Å². The maximum Gasteiger partial charge on any atom is 0.133 e. The first-order valence-electron chi connectivity index (χ1n) is 6.99. The number of benzene rings is 2. The van der Waals surface area contributed by atoms with E-state index in [1.807, 2.05) is 36.4 Å². The monoisotopic (exact) mass is 268 g/mol. The summed E-state index contributed by atoms with van der Waals surface area (Å²) in [7, 11) is 0. The first-order chi connectivity index (χ1) is 9.86. The summed E-state index contributed by atoms with van der Waals surface area (Å²) in [5.74, 6) is 1.99. The summed E-state index contributed by atoms with van der Waals surface area (Å²) in [5.41, 5.74) is 2.24. The van der Waals surface area contributed by atoms with Crippen LogP contribution in [0, 0.1) is 0 Å². The van der Waals surface area contributed by atoms with Gasteiger partial charge >= 0.3 is 0 Å². The fourth-order valence-corrected chi connectivity index (χ4v) is 3.27. The molecule has 0 aromatic heterocycles. The molecule has 1 N–H and O–H groups in total. The van der Waals surface area contributed by atoms with Crippen molar-refractivity contribution >= 4 is 0 Å². The molecular formula is C17H16O3. The third-order valence-electron chi connectivity index (χ3n) is 4.19. The fourth-order valence-electron chi connectivity index (χ4n) is 3.27. The van der Waals surface area contributed by atoms with Gasteiger partial charge in [0.2, 0.25) is 0 Å². The van der Waals surface area contributed by atoms with E-state index in [0.717, 1.165) is 23.5 Å². The van der Waals surface area contributed by atoms with Crippen LogP contribution in [0.2, 0.25) is 0 Å². The number of para-hydroxylation sites is 2. The predicted octanol–water partition coefficient (Wildman–Crippen LogP) is 3.40. The lowest BCUT2D eigenvalue weighted by Gasteiger charge is -2.17. The molecule has 0 aliphatic carbocycles. The van der Waals surface area contributed by atoms with Crippen LogP contribution >= 0.6 is 0 Å². The molecule has 20 heavy (non-hydrogen) atoms. The van der Waals surface area contributed by atoms with Crippen LogP contribution in [-0.4, -0.2) is 17.8 Å². The lowest BCUT2D eigenvalue weighted by atomic mass is 9.88. The standard InChI is InChI=1S/C17H16O3/c18-10-11-9-14-12-5-1-3-7-15(12)20-16-8-4-2-6-13(16)17(14)19-11/h1-8,11,14,17-18H,9-10H2/t11-,14-,17-/m1/s1. The minimum absolute atomic E-state index is 0.0352. The zero-order valence-corrected chi connectivity index (χ0v) is 11.0.